The summed E-state index contributed by atoms with van der Waals surface area (Å²) in [6, 6.07) is 8.10. The van der Waals surface area contributed by atoms with Crippen LogP contribution in [-0.2, 0) is 4.74 Å². The summed E-state index contributed by atoms with van der Waals surface area (Å²) in [6.07, 6.45) is 2.59. The van der Waals surface area contributed by atoms with Gasteiger partial charge in [-0.3, -0.25) is 9.69 Å². The third kappa shape index (κ3) is 4.46. The van der Waals surface area contributed by atoms with Gasteiger partial charge in [-0.05, 0) is 44.5 Å². The van der Waals surface area contributed by atoms with Crippen LogP contribution in [0.15, 0.2) is 30.5 Å². The number of benzene rings is 1. The van der Waals surface area contributed by atoms with Crippen LogP contribution in [0, 0.1) is 13.8 Å². The van der Waals surface area contributed by atoms with Gasteiger partial charge in [-0.25, -0.2) is 4.68 Å². The van der Waals surface area contributed by atoms with E-state index in [9.17, 15) is 4.79 Å². The van der Waals surface area contributed by atoms with Crippen LogP contribution >= 0.6 is 0 Å². The summed E-state index contributed by atoms with van der Waals surface area (Å²) in [6.45, 7) is 9.22. The molecule has 0 atom stereocenters. The van der Waals surface area contributed by atoms with E-state index in [1.54, 1.807) is 6.20 Å². The lowest BCUT2D eigenvalue weighted by Crippen LogP contribution is -2.38. The van der Waals surface area contributed by atoms with Crippen molar-refractivity contribution in [3.05, 3.63) is 47.3 Å². The van der Waals surface area contributed by atoms with E-state index < -0.39 is 0 Å². The van der Waals surface area contributed by atoms with E-state index in [1.165, 1.54) is 5.56 Å². The van der Waals surface area contributed by atoms with Gasteiger partial charge < -0.3 is 10.1 Å². The fourth-order valence-corrected chi connectivity index (χ4v) is 3.08. The van der Waals surface area contributed by atoms with Crippen LogP contribution in [-0.4, -0.2) is 60.0 Å². The number of hydrogen-bond acceptors (Lipinski definition) is 4. The van der Waals surface area contributed by atoms with Gasteiger partial charge in [0.25, 0.3) is 5.91 Å². The molecule has 3 rings (SSSR count). The zero-order valence-corrected chi connectivity index (χ0v) is 15.0. The Morgan fingerprint density at radius 2 is 2.08 bits per heavy atom. The van der Waals surface area contributed by atoms with Gasteiger partial charge in [-0.1, -0.05) is 12.1 Å². The lowest BCUT2D eigenvalue weighted by molar-refractivity contribution is 0.0374. The molecule has 2 heterocycles. The zero-order chi connectivity index (χ0) is 17.6. The summed E-state index contributed by atoms with van der Waals surface area (Å²) in [5.74, 6) is -0.0571. The molecule has 0 saturated carbocycles. The summed E-state index contributed by atoms with van der Waals surface area (Å²) in [5.41, 5.74) is 3.63. The number of morpholine rings is 1. The lowest BCUT2D eigenvalue weighted by atomic mass is 10.2. The average Bonchev–Trinajstić information content (AvgIpc) is 3.01. The van der Waals surface area contributed by atoms with E-state index in [-0.39, 0.29) is 5.91 Å². The molecule has 1 aliphatic heterocycles. The van der Waals surface area contributed by atoms with Crippen molar-refractivity contribution in [3.63, 3.8) is 0 Å². The summed E-state index contributed by atoms with van der Waals surface area (Å²) in [7, 11) is 0. The van der Waals surface area contributed by atoms with Crippen LogP contribution in [0.25, 0.3) is 5.69 Å². The third-order valence-corrected chi connectivity index (χ3v) is 4.54. The number of nitrogens with zero attached hydrogens (tertiary/aromatic N) is 3. The highest BCUT2D eigenvalue weighted by Gasteiger charge is 2.15. The first-order valence-electron chi connectivity index (χ1n) is 8.85. The molecule has 1 amide bonds. The molecule has 1 aromatic carbocycles. The molecule has 0 bridgehead atoms. The van der Waals surface area contributed by atoms with Gasteiger partial charge in [0, 0.05) is 19.6 Å². The second kappa shape index (κ2) is 8.27. The Labute approximate surface area is 148 Å². The standard InChI is InChI=1S/C19H26N4O2/c1-15-5-3-6-17(13-15)23-16(2)18(14-21-23)19(24)20-7-4-8-22-9-11-25-12-10-22/h3,5-6,13-14H,4,7-12H2,1-2H3,(H,20,24). The molecule has 1 N–H and O–H groups in total. The Morgan fingerprint density at radius 3 is 2.84 bits per heavy atom. The van der Waals surface area contributed by atoms with Crippen LogP contribution in [0.4, 0.5) is 0 Å². The molecule has 6 heteroatoms. The fraction of sp³-hybridized carbons (Fsp3) is 0.474. The van der Waals surface area contributed by atoms with Gasteiger partial charge in [0.1, 0.15) is 0 Å². The quantitative estimate of drug-likeness (QED) is 0.815. The first kappa shape index (κ1) is 17.6. The largest absolute Gasteiger partial charge is 0.379 e. The molecule has 0 aliphatic carbocycles. The summed E-state index contributed by atoms with van der Waals surface area (Å²) in [4.78, 5) is 14.8. The maximum absolute atomic E-state index is 12.4. The monoisotopic (exact) mass is 342 g/mol. The number of rotatable bonds is 6. The van der Waals surface area contributed by atoms with Crippen LogP contribution in [0.1, 0.15) is 28.0 Å². The van der Waals surface area contributed by atoms with E-state index in [0.717, 1.165) is 50.7 Å². The predicted molar refractivity (Wildman–Crippen MR) is 97.2 cm³/mol. The molecule has 1 aromatic heterocycles. The normalized spacial score (nSPS) is 15.3. The molecule has 2 aromatic rings. The smallest absolute Gasteiger partial charge is 0.254 e. The van der Waals surface area contributed by atoms with Crippen molar-refractivity contribution < 1.29 is 9.53 Å². The van der Waals surface area contributed by atoms with Crippen molar-refractivity contribution in [1.82, 2.24) is 20.0 Å². The summed E-state index contributed by atoms with van der Waals surface area (Å²) >= 11 is 0. The summed E-state index contributed by atoms with van der Waals surface area (Å²) < 4.78 is 7.16. The molecule has 25 heavy (non-hydrogen) atoms. The first-order chi connectivity index (χ1) is 12.1. The van der Waals surface area contributed by atoms with Crippen LogP contribution in [0.5, 0.6) is 0 Å². The van der Waals surface area contributed by atoms with Gasteiger partial charge in [0.15, 0.2) is 0 Å². The zero-order valence-electron chi connectivity index (χ0n) is 15.0. The molecule has 1 aliphatic rings. The molecule has 0 spiro atoms. The minimum atomic E-state index is -0.0571. The Kier molecular flexibility index (Phi) is 5.83. The fourth-order valence-electron chi connectivity index (χ4n) is 3.08. The third-order valence-electron chi connectivity index (χ3n) is 4.54. The molecule has 6 nitrogen and oxygen atoms in total. The SMILES string of the molecule is Cc1cccc(-n2ncc(C(=O)NCCCN3CCOCC3)c2C)c1. The number of aromatic nitrogens is 2. The first-order valence-corrected chi connectivity index (χ1v) is 8.85. The Bertz CT molecular complexity index is 720. The molecule has 1 saturated heterocycles. The Hall–Kier alpha value is -2.18. The van der Waals surface area contributed by atoms with Crippen molar-refractivity contribution in [2.75, 3.05) is 39.4 Å². The highest BCUT2D eigenvalue weighted by molar-refractivity contribution is 5.95. The molecule has 134 valence electrons. The predicted octanol–water partition coefficient (Wildman–Crippen LogP) is 1.94. The van der Waals surface area contributed by atoms with Crippen molar-refractivity contribution in [3.8, 4) is 5.69 Å². The van der Waals surface area contributed by atoms with E-state index in [0.29, 0.717) is 12.1 Å². The number of carbonyl (C=O) groups excluding carboxylic acids is 1. The number of amides is 1. The highest BCUT2D eigenvalue weighted by Crippen LogP contribution is 2.15. The number of hydrogen-bond donors (Lipinski definition) is 1. The minimum Gasteiger partial charge on any atom is -0.379 e. The molecule has 0 unspecified atom stereocenters. The minimum absolute atomic E-state index is 0.0571. The van der Waals surface area contributed by atoms with E-state index in [4.69, 9.17) is 4.74 Å². The highest BCUT2D eigenvalue weighted by atomic mass is 16.5. The molecule has 1 fully saturated rings. The second-order valence-corrected chi connectivity index (χ2v) is 6.46. The number of ether oxygens (including phenoxy) is 1. The maximum Gasteiger partial charge on any atom is 0.254 e. The van der Waals surface area contributed by atoms with E-state index >= 15 is 0 Å². The second-order valence-electron chi connectivity index (χ2n) is 6.46. The molecule has 0 radical (unpaired) electrons. The molecular weight excluding hydrogens is 316 g/mol. The van der Waals surface area contributed by atoms with E-state index in [2.05, 4.69) is 21.4 Å². The lowest BCUT2D eigenvalue weighted by Gasteiger charge is -2.26. The van der Waals surface area contributed by atoms with Gasteiger partial charge >= 0.3 is 0 Å². The van der Waals surface area contributed by atoms with Crippen LogP contribution in [0.2, 0.25) is 0 Å². The van der Waals surface area contributed by atoms with Crippen LogP contribution < -0.4 is 5.32 Å². The maximum atomic E-state index is 12.4. The van der Waals surface area contributed by atoms with Crippen LogP contribution in [0.3, 0.4) is 0 Å². The summed E-state index contributed by atoms with van der Waals surface area (Å²) in [5, 5.41) is 7.39. The van der Waals surface area contributed by atoms with Crippen molar-refractivity contribution in [2.45, 2.75) is 20.3 Å². The number of carbonyl (C=O) groups is 1. The average molecular weight is 342 g/mol. The molecular formula is C19H26N4O2. The van der Waals surface area contributed by atoms with Gasteiger partial charge in [0.05, 0.1) is 36.4 Å². The van der Waals surface area contributed by atoms with Crippen molar-refractivity contribution >= 4 is 5.91 Å². The van der Waals surface area contributed by atoms with Crippen molar-refractivity contribution in [1.29, 1.82) is 0 Å². The number of aryl methyl sites for hydroxylation is 1. The van der Waals surface area contributed by atoms with E-state index in [1.807, 2.05) is 36.7 Å². The van der Waals surface area contributed by atoms with Gasteiger partial charge in [-0.15, -0.1) is 0 Å². The van der Waals surface area contributed by atoms with Crippen molar-refractivity contribution in [2.24, 2.45) is 0 Å². The van der Waals surface area contributed by atoms with Gasteiger partial charge in [-0.2, -0.15) is 5.10 Å². The Morgan fingerprint density at radius 1 is 1.28 bits per heavy atom. The Balaban J connectivity index is 1.54. The topological polar surface area (TPSA) is 59.4 Å². The number of nitrogens with one attached hydrogen (secondary N) is 1. The van der Waals surface area contributed by atoms with Gasteiger partial charge in [0.2, 0.25) is 0 Å².